The average Bonchev–Trinajstić information content (AvgIpc) is 3.49. The number of benzene rings is 1. The highest BCUT2D eigenvalue weighted by Crippen LogP contribution is 2.32. The smallest absolute Gasteiger partial charge is 0.254 e. The number of amides is 2. The van der Waals surface area contributed by atoms with Gasteiger partial charge in [0.15, 0.2) is 29.3 Å². The molecule has 1 aromatic carbocycles. The zero-order chi connectivity index (χ0) is 27.7. The first kappa shape index (κ1) is 26.3. The molecule has 2 amide bonds. The van der Waals surface area contributed by atoms with Gasteiger partial charge >= 0.3 is 0 Å². The standard InChI is InChI=1S/C26H28FN7O5/c1-29-24(36)19-12-17(35)26(39-19)34-13-30-21-22(28)31-20(32-23(21)34)7-4-10-33(15-5-3-6-15)25(37)14-8-9-18(38-2)16(27)11-14/h8-9,11,13,15,17,19,26,35H,3,5-6,10,12H2,1-2H3,(H,29,36)(H2,28,31,32)/t17?,19-,26?/m0/s1. The van der Waals surface area contributed by atoms with Gasteiger partial charge in [0.2, 0.25) is 11.7 Å². The lowest BCUT2D eigenvalue weighted by atomic mass is 9.91. The van der Waals surface area contributed by atoms with Crippen LogP contribution in [0, 0.1) is 17.7 Å². The Hall–Kier alpha value is -4.28. The predicted molar refractivity (Wildman–Crippen MR) is 137 cm³/mol. The van der Waals surface area contributed by atoms with Crippen LogP contribution in [-0.4, -0.2) is 80.3 Å². The van der Waals surface area contributed by atoms with Crippen LogP contribution in [0.5, 0.6) is 5.75 Å². The van der Waals surface area contributed by atoms with E-state index in [1.165, 1.54) is 37.2 Å². The number of nitrogens with zero attached hydrogens (tertiary/aromatic N) is 5. The van der Waals surface area contributed by atoms with Gasteiger partial charge in [0.05, 0.1) is 20.0 Å². The molecule has 0 radical (unpaired) electrons. The third-order valence-corrected chi connectivity index (χ3v) is 6.97. The summed E-state index contributed by atoms with van der Waals surface area (Å²) in [6, 6.07) is 4.11. The van der Waals surface area contributed by atoms with Gasteiger partial charge in [0, 0.05) is 25.1 Å². The highest BCUT2D eigenvalue weighted by molar-refractivity contribution is 5.95. The molecule has 2 fully saturated rings. The quantitative estimate of drug-likeness (QED) is 0.390. The minimum absolute atomic E-state index is 0.00105. The fourth-order valence-electron chi connectivity index (χ4n) is 4.65. The van der Waals surface area contributed by atoms with Crippen molar-refractivity contribution in [1.29, 1.82) is 0 Å². The summed E-state index contributed by atoms with van der Waals surface area (Å²) < 4.78 is 26.4. The number of aliphatic hydroxyl groups excluding tert-OH is 1. The number of hydrogen-bond acceptors (Lipinski definition) is 9. The van der Waals surface area contributed by atoms with E-state index < -0.39 is 24.3 Å². The monoisotopic (exact) mass is 537 g/mol. The molecule has 204 valence electrons. The van der Waals surface area contributed by atoms with E-state index in [2.05, 4.69) is 32.1 Å². The number of likely N-dealkylation sites (N-methyl/N-ethyl adjacent to an activating group) is 1. The maximum atomic E-state index is 14.2. The van der Waals surface area contributed by atoms with E-state index in [9.17, 15) is 19.1 Å². The van der Waals surface area contributed by atoms with Gasteiger partial charge < -0.3 is 30.5 Å². The number of fused-ring (bicyclic) bond motifs is 1. The Balaban J connectivity index is 1.39. The molecule has 0 spiro atoms. The number of methoxy groups -OCH3 is 1. The number of carbonyl (C=O) groups excluding carboxylic acids is 2. The lowest BCUT2D eigenvalue weighted by Crippen LogP contribution is -2.44. The van der Waals surface area contributed by atoms with Crippen molar-refractivity contribution >= 4 is 28.8 Å². The summed E-state index contributed by atoms with van der Waals surface area (Å²) in [6.07, 6.45) is 1.50. The van der Waals surface area contributed by atoms with E-state index in [1.807, 2.05) is 0 Å². The number of rotatable bonds is 6. The molecule has 2 aromatic heterocycles. The third kappa shape index (κ3) is 5.08. The Morgan fingerprint density at radius 1 is 1.36 bits per heavy atom. The molecule has 2 unspecified atom stereocenters. The first-order valence-electron chi connectivity index (χ1n) is 12.5. The maximum Gasteiger partial charge on any atom is 0.254 e. The first-order valence-corrected chi connectivity index (χ1v) is 12.5. The molecule has 13 heteroatoms. The largest absolute Gasteiger partial charge is 0.494 e. The maximum absolute atomic E-state index is 14.2. The second-order valence-electron chi connectivity index (χ2n) is 9.36. The summed E-state index contributed by atoms with van der Waals surface area (Å²) in [5, 5.41) is 13.0. The number of aliphatic hydroxyl groups is 1. The fourth-order valence-corrected chi connectivity index (χ4v) is 4.65. The fraction of sp³-hybridized carbons (Fsp3) is 0.423. The van der Waals surface area contributed by atoms with Gasteiger partial charge in [0.1, 0.15) is 17.7 Å². The van der Waals surface area contributed by atoms with Crippen LogP contribution in [0.2, 0.25) is 0 Å². The highest BCUT2D eigenvalue weighted by atomic mass is 19.1. The summed E-state index contributed by atoms with van der Waals surface area (Å²) in [5.74, 6) is 4.74. The van der Waals surface area contributed by atoms with Crippen LogP contribution in [0.25, 0.3) is 11.2 Å². The lowest BCUT2D eigenvalue weighted by Gasteiger charge is -2.36. The van der Waals surface area contributed by atoms with Crippen molar-refractivity contribution in [1.82, 2.24) is 29.7 Å². The van der Waals surface area contributed by atoms with E-state index in [0.717, 1.165) is 25.3 Å². The van der Waals surface area contributed by atoms with Crippen LogP contribution in [0.4, 0.5) is 10.2 Å². The van der Waals surface area contributed by atoms with E-state index in [-0.39, 0.29) is 59.4 Å². The molecule has 1 aliphatic heterocycles. The molecule has 39 heavy (non-hydrogen) atoms. The molecule has 4 N–H and O–H groups in total. The van der Waals surface area contributed by atoms with Gasteiger partial charge in [-0.25, -0.2) is 19.3 Å². The van der Waals surface area contributed by atoms with Gasteiger partial charge in [-0.05, 0) is 43.4 Å². The van der Waals surface area contributed by atoms with Crippen LogP contribution < -0.4 is 15.8 Å². The van der Waals surface area contributed by atoms with Crippen molar-refractivity contribution in [3.8, 4) is 17.6 Å². The topological polar surface area (TPSA) is 158 Å². The molecular formula is C26H28FN7O5. The van der Waals surface area contributed by atoms with Gasteiger partial charge in [0.25, 0.3) is 5.91 Å². The summed E-state index contributed by atoms with van der Waals surface area (Å²) >= 11 is 0. The van der Waals surface area contributed by atoms with Crippen molar-refractivity contribution in [2.75, 3.05) is 26.4 Å². The molecular weight excluding hydrogens is 509 g/mol. The van der Waals surface area contributed by atoms with E-state index in [4.69, 9.17) is 15.2 Å². The number of carbonyl (C=O) groups is 2. The Bertz CT molecular complexity index is 1480. The van der Waals surface area contributed by atoms with E-state index in [0.29, 0.717) is 5.52 Å². The molecule has 2 aliphatic rings. The predicted octanol–water partition coefficient (Wildman–Crippen LogP) is 0.997. The zero-order valence-electron chi connectivity index (χ0n) is 21.4. The molecule has 3 aromatic rings. The van der Waals surface area contributed by atoms with Gasteiger partial charge in [-0.15, -0.1) is 0 Å². The zero-order valence-corrected chi connectivity index (χ0v) is 21.4. The normalized spacial score (nSPS) is 20.7. The highest BCUT2D eigenvalue weighted by Gasteiger charge is 2.39. The number of ether oxygens (including phenoxy) is 2. The number of nitrogens with one attached hydrogen (secondary N) is 1. The number of imidazole rings is 1. The van der Waals surface area contributed by atoms with E-state index >= 15 is 0 Å². The number of halogens is 1. The van der Waals surface area contributed by atoms with Crippen molar-refractivity contribution in [3.63, 3.8) is 0 Å². The minimum atomic E-state index is -0.972. The van der Waals surface area contributed by atoms with Crippen molar-refractivity contribution < 1.29 is 28.6 Å². The summed E-state index contributed by atoms with van der Waals surface area (Å²) in [7, 11) is 2.85. The van der Waals surface area contributed by atoms with Gasteiger partial charge in [-0.3, -0.25) is 14.2 Å². The van der Waals surface area contributed by atoms with Crippen molar-refractivity contribution in [3.05, 3.63) is 41.7 Å². The second kappa shape index (κ2) is 10.8. The molecule has 12 nitrogen and oxygen atoms in total. The molecule has 5 rings (SSSR count). The first-order chi connectivity index (χ1) is 18.8. The lowest BCUT2D eigenvalue weighted by molar-refractivity contribution is -0.134. The molecule has 1 saturated carbocycles. The van der Waals surface area contributed by atoms with E-state index in [1.54, 1.807) is 4.90 Å². The number of nitrogen functional groups attached to an aromatic ring is 1. The Morgan fingerprint density at radius 3 is 2.82 bits per heavy atom. The Labute approximate surface area is 223 Å². The van der Waals surface area contributed by atoms with Crippen molar-refractivity contribution in [2.24, 2.45) is 0 Å². The molecule has 3 heterocycles. The summed E-state index contributed by atoms with van der Waals surface area (Å²) in [6.45, 7) is 0.0793. The van der Waals surface area contributed by atoms with Crippen LogP contribution in [0.15, 0.2) is 24.5 Å². The van der Waals surface area contributed by atoms with Crippen LogP contribution >= 0.6 is 0 Å². The van der Waals surface area contributed by atoms with Crippen LogP contribution in [0.1, 0.15) is 48.1 Å². The minimum Gasteiger partial charge on any atom is -0.494 e. The molecule has 1 aliphatic carbocycles. The van der Waals surface area contributed by atoms with Crippen LogP contribution in [-0.2, 0) is 9.53 Å². The Kier molecular flexibility index (Phi) is 7.32. The number of hydrogen-bond donors (Lipinski definition) is 3. The van der Waals surface area contributed by atoms with Crippen molar-refractivity contribution in [2.45, 2.75) is 50.2 Å². The number of anilines is 1. The number of nitrogens with two attached hydrogens (primary N) is 1. The average molecular weight is 538 g/mol. The summed E-state index contributed by atoms with van der Waals surface area (Å²) in [5.41, 5.74) is 6.89. The van der Waals surface area contributed by atoms with Crippen LogP contribution in [0.3, 0.4) is 0 Å². The van der Waals surface area contributed by atoms with Gasteiger partial charge in [-0.2, -0.15) is 0 Å². The molecule has 1 saturated heterocycles. The number of aromatic nitrogens is 4. The SMILES string of the molecule is CNC(=O)[C@@H]1CC(O)C(n2cnc3c(N)nc(C#CCN(C(=O)c4ccc(OC)c(F)c4)C4CCC4)nc32)O1. The summed E-state index contributed by atoms with van der Waals surface area (Å²) in [4.78, 5) is 39.7. The molecule has 3 atom stereocenters. The third-order valence-electron chi connectivity index (χ3n) is 6.97. The van der Waals surface area contributed by atoms with Gasteiger partial charge in [-0.1, -0.05) is 5.92 Å². The molecule has 0 bridgehead atoms. The second-order valence-corrected chi connectivity index (χ2v) is 9.36. The Morgan fingerprint density at radius 2 is 2.15 bits per heavy atom.